The summed E-state index contributed by atoms with van der Waals surface area (Å²) in [5, 5.41) is 3.14. The Labute approximate surface area is 242 Å². The number of rotatable bonds is 10. The summed E-state index contributed by atoms with van der Waals surface area (Å²) in [4.78, 5) is 44.3. The van der Waals surface area contributed by atoms with Crippen LogP contribution in [0.4, 0.5) is 4.39 Å². The van der Waals surface area contributed by atoms with Gasteiger partial charge in [0.2, 0.25) is 5.91 Å². The van der Waals surface area contributed by atoms with Gasteiger partial charge >= 0.3 is 0 Å². The number of hydrogen-bond donors (Lipinski definition) is 2. The number of carbonyl (C=O) groups is 3. The Hall–Kier alpha value is -3.30. The number of ether oxygens (including phenoxy) is 1. The smallest absolute Gasteiger partial charge is 0.254 e. The molecule has 2 aliphatic rings. The number of nitrogens with zero attached hydrogens (tertiary/aromatic N) is 2. The van der Waals surface area contributed by atoms with Gasteiger partial charge in [0.25, 0.3) is 11.8 Å². The van der Waals surface area contributed by atoms with Crippen molar-refractivity contribution in [1.29, 1.82) is 0 Å². The fraction of sp³-hybridized carbons (Fsp3) is 0.531. The molecule has 0 bridgehead atoms. The molecule has 1 aliphatic carbocycles. The van der Waals surface area contributed by atoms with Crippen LogP contribution in [0.1, 0.15) is 64.8 Å². The van der Waals surface area contributed by atoms with Crippen LogP contribution in [-0.4, -0.2) is 79.5 Å². The van der Waals surface area contributed by atoms with Crippen molar-refractivity contribution in [3.05, 3.63) is 71.0 Å². The van der Waals surface area contributed by atoms with Gasteiger partial charge in [0.15, 0.2) is 0 Å². The van der Waals surface area contributed by atoms with Crippen LogP contribution in [0.3, 0.4) is 0 Å². The lowest BCUT2D eigenvalue weighted by atomic mass is 9.82. The lowest BCUT2D eigenvalue weighted by Gasteiger charge is -2.43. The molecule has 4 rings (SSSR count). The van der Waals surface area contributed by atoms with Gasteiger partial charge in [-0.1, -0.05) is 17.7 Å². The number of piperidine rings is 1. The standard InChI is InChI=1S/C32H43FN4O4/c1-22-3-9-25(10-4-22)32(40)37-16-15-28(36(17-18-41-2)31(39)26-11-13-27(33)14-12-26)19-29(37)30(38)35-21-24-7-5-23(20-34)6-8-24/h3-4,9-14,23-24,28-29H,5-8,15-21,34H2,1-2H3,(H,35,38)/t23?,24?,28?,29-/m1/s1. The summed E-state index contributed by atoms with van der Waals surface area (Å²) in [5.74, 6) is -0.110. The number of halogens is 1. The minimum absolute atomic E-state index is 0.194. The molecule has 1 heterocycles. The van der Waals surface area contributed by atoms with Gasteiger partial charge in [0.05, 0.1) is 6.61 Å². The molecule has 3 amide bonds. The Bertz CT molecular complexity index is 1170. The quantitative estimate of drug-likeness (QED) is 0.456. The number of amides is 3. The highest BCUT2D eigenvalue weighted by Gasteiger charge is 2.40. The summed E-state index contributed by atoms with van der Waals surface area (Å²) < 4.78 is 18.8. The van der Waals surface area contributed by atoms with Crippen molar-refractivity contribution in [3.63, 3.8) is 0 Å². The third-order valence-corrected chi connectivity index (χ3v) is 8.63. The van der Waals surface area contributed by atoms with Crippen molar-refractivity contribution >= 4 is 17.7 Å². The molecule has 2 aromatic carbocycles. The molecule has 41 heavy (non-hydrogen) atoms. The summed E-state index contributed by atoms with van der Waals surface area (Å²) in [6, 6.07) is 11.8. The first-order chi connectivity index (χ1) is 19.8. The van der Waals surface area contributed by atoms with Crippen LogP contribution in [0.5, 0.6) is 0 Å². The highest BCUT2D eigenvalue weighted by molar-refractivity contribution is 5.98. The molecule has 3 N–H and O–H groups in total. The predicted molar refractivity (Wildman–Crippen MR) is 156 cm³/mol. The second-order valence-corrected chi connectivity index (χ2v) is 11.4. The molecule has 2 fully saturated rings. The minimum Gasteiger partial charge on any atom is -0.383 e. The van der Waals surface area contributed by atoms with Crippen molar-refractivity contribution in [1.82, 2.24) is 15.1 Å². The summed E-state index contributed by atoms with van der Waals surface area (Å²) in [6.07, 6.45) is 5.01. The molecule has 1 unspecified atom stereocenters. The van der Waals surface area contributed by atoms with Crippen LogP contribution in [-0.2, 0) is 9.53 Å². The molecule has 1 aliphatic heterocycles. The average molecular weight is 567 g/mol. The number of nitrogens with two attached hydrogens (primary N) is 1. The fourth-order valence-corrected chi connectivity index (χ4v) is 6.02. The predicted octanol–water partition coefficient (Wildman–Crippen LogP) is 3.78. The molecule has 0 radical (unpaired) electrons. The number of carbonyl (C=O) groups excluding carboxylic acids is 3. The lowest BCUT2D eigenvalue weighted by molar-refractivity contribution is -0.127. The molecule has 0 spiro atoms. The summed E-state index contributed by atoms with van der Waals surface area (Å²) in [7, 11) is 1.57. The molecule has 2 atom stereocenters. The van der Waals surface area contributed by atoms with Gasteiger partial charge in [-0.3, -0.25) is 14.4 Å². The fourth-order valence-electron chi connectivity index (χ4n) is 6.02. The van der Waals surface area contributed by atoms with Gasteiger partial charge in [0, 0.05) is 43.9 Å². The average Bonchev–Trinajstić information content (AvgIpc) is 3.00. The van der Waals surface area contributed by atoms with E-state index in [2.05, 4.69) is 5.32 Å². The van der Waals surface area contributed by atoms with Crippen LogP contribution in [0.15, 0.2) is 48.5 Å². The van der Waals surface area contributed by atoms with Crippen molar-refractivity contribution < 1.29 is 23.5 Å². The normalized spacial score (nSPS) is 22.7. The van der Waals surface area contributed by atoms with E-state index in [-0.39, 0.29) is 23.8 Å². The molecule has 2 aromatic rings. The van der Waals surface area contributed by atoms with Gasteiger partial charge < -0.3 is 25.6 Å². The third kappa shape index (κ3) is 7.92. The Morgan fingerprint density at radius 2 is 1.61 bits per heavy atom. The number of hydrogen-bond acceptors (Lipinski definition) is 5. The number of likely N-dealkylation sites (tertiary alicyclic amines) is 1. The molecular weight excluding hydrogens is 523 g/mol. The summed E-state index contributed by atoms with van der Waals surface area (Å²) in [5.41, 5.74) is 7.79. The van der Waals surface area contributed by atoms with E-state index in [1.807, 2.05) is 19.1 Å². The number of nitrogens with one attached hydrogen (secondary N) is 1. The van der Waals surface area contributed by atoms with E-state index >= 15 is 0 Å². The molecular formula is C32H43FN4O4. The van der Waals surface area contributed by atoms with Gasteiger partial charge in [-0.05, 0) is 100 Å². The van der Waals surface area contributed by atoms with Crippen LogP contribution in [0.2, 0.25) is 0 Å². The summed E-state index contributed by atoms with van der Waals surface area (Å²) in [6.45, 7) is 4.20. The number of benzene rings is 2. The van der Waals surface area contributed by atoms with Crippen molar-refractivity contribution in [2.75, 3.05) is 39.9 Å². The van der Waals surface area contributed by atoms with E-state index in [0.29, 0.717) is 68.6 Å². The summed E-state index contributed by atoms with van der Waals surface area (Å²) >= 11 is 0. The Morgan fingerprint density at radius 3 is 2.24 bits per heavy atom. The van der Waals surface area contributed by atoms with Crippen LogP contribution < -0.4 is 11.1 Å². The maximum atomic E-state index is 13.7. The molecule has 222 valence electrons. The van der Waals surface area contributed by atoms with E-state index < -0.39 is 11.9 Å². The number of methoxy groups -OCH3 is 1. The van der Waals surface area contributed by atoms with Gasteiger partial charge in [-0.2, -0.15) is 0 Å². The molecule has 0 aromatic heterocycles. The Kier molecular flexibility index (Phi) is 10.9. The monoisotopic (exact) mass is 566 g/mol. The first-order valence-electron chi connectivity index (χ1n) is 14.7. The first-order valence-corrected chi connectivity index (χ1v) is 14.7. The SMILES string of the molecule is COCCN(C(=O)c1ccc(F)cc1)C1CCN(C(=O)c2ccc(C)cc2)[C@@H](C(=O)NCC2CCC(CN)CC2)C1. The molecule has 1 saturated heterocycles. The highest BCUT2D eigenvalue weighted by Crippen LogP contribution is 2.29. The Morgan fingerprint density at radius 1 is 0.976 bits per heavy atom. The second kappa shape index (κ2) is 14.5. The molecule has 1 saturated carbocycles. The largest absolute Gasteiger partial charge is 0.383 e. The minimum atomic E-state index is -0.728. The third-order valence-electron chi connectivity index (χ3n) is 8.63. The van der Waals surface area contributed by atoms with Crippen LogP contribution >= 0.6 is 0 Å². The first kappa shape index (κ1) is 30.7. The van der Waals surface area contributed by atoms with Crippen LogP contribution in [0.25, 0.3) is 0 Å². The van der Waals surface area contributed by atoms with E-state index in [9.17, 15) is 18.8 Å². The Balaban J connectivity index is 1.53. The van der Waals surface area contributed by atoms with Crippen molar-refractivity contribution in [3.8, 4) is 0 Å². The zero-order valence-corrected chi connectivity index (χ0v) is 24.2. The number of aryl methyl sites for hydroxylation is 1. The molecule has 9 heteroatoms. The molecule has 8 nitrogen and oxygen atoms in total. The maximum absolute atomic E-state index is 13.7. The van der Waals surface area contributed by atoms with Crippen molar-refractivity contribution in [2.24, 2.45) is 17.6 Å². The van der Waals surface area contributed by atoms with Crippen LogP contribution in [0, 0.1) is 24.6 Å². The van der Waals surface area contributed by atoms with E-state index in [4.69, 9.17) is 10.5 Å². The highest BCUT2D eigenvalue weighted by atomic mass is 19.1. The maximum Gasteiger partial charge on any atom is 0.254 e. The second-order valence-electron chi connectivity index (χ2n) is 11.4. The van der Waals surface area contributed by atoms with Gasteiger partial charge in [0.1, 0.15) is 11.9 Å². The topological polar surface area (TPSA) is 105 Å². The van der Waals surface area contributed by atoms with Gasteiger partial charge in [-0.15, -0.1) is 0 Å². The zero-order chi connectivity index (χ0) is 29.4. The lowest BCUT2D eigenvalue weighted by Crippen LogP contribution is -2.58. The van der Waals surface area contributed by atoms with Gasteiger partial charge in [-0.25, -0.2) is 4.39 Å². The van der Waals surface area contributed by atoms with E-state index in [1.54, 1.807) is 29.0 Å². The van der Waals surface area contributed by atoms with Crippen molar-refractivity contribution in [2.45, 2.75) is 57.5 Å². The zero-order valence-electron chi connectivity index (χ0n) is 24.2. The van der Waals surface area contributed by atoms with E-state index in [1.165, 1.54) is 24.3 Å². The van der Waals surface area contributed by atoms with E-state index in [0.717, 1.165) is 31.2 Å².